The van der Waals surface area contributed by atoms with Crippen molar-refractivity contribution in [3.05, 3.63) is 42.0 Å². The number of hydrogen-bond donors (Lipinski definition) is 0. The second kappa shape index (κ2) is 8.22. The summed E-state index contributed by atoms with van der Waals surface area (Å²) in [7, 11) is -0.444. The van der Waals surface area contributed by atoms with Gasteiger partial charge in [-0.3, -0.25) is 4.90 Å². The van der Waals surface area contributed by atoms with Crippen molar-refractivity contribution in [3.63, 3.8) is 0 Å². The molecule has 0 unspecified atom stereocenters. The molecule has 1 radical (unpaired) electrons. The van der Waals surface area contributed by atoms with Crippen LogP contribution >= 0.6 is 0 Å². The Balaban J connectivity index is 1.53. The van der Waals surface area contributed by atoms with E-state index in [0.29, 0.717) is 0 Å². The van der Waals surface area contributed by atoms with Crippen LogP contribution in [0.5, 0.6) is 0 Å². The Morgan fingerprint density at radius 1 is 1.00 bits per heavy atom. The summed E-state index contributed by atoms with van der Waals surface area (Å²) in [5, 5.41) is 1.62. The molecule has 1 aliphatic carbocycles. The molecule has 3 aliphatic rings. The lowest BCUT2D eigenvalue weighted by atomic mass is 9.81. The van der Waals surface area contributed by atoms with Crippen molar-refractivity contribution in [2.45, 2.75) is 70.0 Å². The first-order valence-electron chi connectivity index (χ1n) is 10.6. The maximum Gasteiger partial charge on any atom is 0.0830 e. The summed E-state index contributed by atoms with van der Waals surface area (Å²) in [5.41, 5.74) is 1.86. The molecule has 0 N–H and O–H groups in total. The lowest BCUT2D eigenvalue weighted by Crippen LogP contribution is -2.44. The van der Waals surface area contributed by atoms with Crippen molar-refractivity contribution in [2.24, 2.45) is 11.8 Å². The molecule has 1 saturated carbocycles. The van der Waals surface area contributed by atoms with Crippen LogP contribution in [-0.2, 0) is 0 Å². The number of nitrogens with zero attached hydrogens (tertiary/aromatic N) is 1. The van der Waals surface area contributed by atoms with Gasteiger partial charge in [-0.05, 0) is 56.5 Å². The molecule has 0 amide bonds. The molecule has 1 nitrogen and oxygen atoms in total. The van der Waals surface area contributed by atoms with Crippen LogP contribution in [0.3, 0.4) is 0 Å². The molecule has 135 valence electrons. The number of hydrogen-bond acceptors (Lipinski definition) is 1. The predicted molar refractivity (Wildman–Crippen MR) is 110 cm³/mol. The van der Waals surface area contributed by atoms with Crippen LogP contribution in [0.25, 0.3) is 0 Å². The molecule has 2 aliphatic heterocycles. The zero-order valence-electron chi connectivity index (χ0n) is 15.9. The van der Waals surface area contributed by atoms with E-state index in [2.05, 4.69) is 47.9 Å². The third kappa shape index (κ3) is 4.11. The van der Waals surface area contributed by atoms with Crippen molar-refractivity contribution in [3.8, 4) is 0 Å². The topological polar surface area (TPSA) is 3.24 Å². The van der Waals surface area contributed by atoms with Gasteiger partial charge in [0.15, 0.2) is 0 Å². The van der Waals surface area contributed by atoms with Gasteiger partial charge in [0.25, 0.3) is 0 Å². The Bertz CT molecular complexity index is 575. The maximum atomic E-state index is 2.82. The molecule has 3 fully saturated rings. The number of fused-ring (bicyclic) bond motifs is 1. The van der Waals surface area contributed by atoms with Crippen LogP contribution in [0.2, 0.25) is 12.6 Å². The van der Waals surface area contributed by atoms with E-state index in [0.717, 1.165) is 17.9 Å². The van der Waals surface area contributed by atoms with Gasteiger partial charge in [-0.15, -0.1) is 0 Å². The van der Waals surface area contributed by atoms with Crippen LogP contribution in [0.1, 0.15) is 51.4 Å². The first kappa shape index (κ1) is 17.5. The van der Waals surface area contributed by atoms with Gasteiger partial charge >= 0.3 is 0 Å². The van der Waals surface area contributed by atoms with E-state index < -0.39 is 8.80 Å². The van der Waals surface area contributed by atoms with Crippen LogP contribution in [0.15, 0.2) is 42.0 Å². The highest BCUT2D eigenvalue weighted by Crippen LogP contribution is 2.39. The van der Waals surface area contributed by atoms with Gasteiger partial charge in [-0.1, -0.05) is 73.0 Å². The van der Waals surface area contributed by atoms with Gasteiger partial charge < -0.3 is 0 Å². The lowest BCUT2D eigenvalue weighted by molar-refractivity contribution is 0.181. The van der Waals surface area contributed by atoms with Gasteiger partial charge in [0, 0.05) is 12.6 Å². The number of rotatable bonds is 4. The zero-order valence-corrected chi connectivity index (χ0v) is 16.9. The molecule has 2 atom stereocenters. The second-order valence-corrected chi connectivity index (χ2v) is 11.1. The Hall–Kier alpha value is -0.863. The summed E-state index contributed by atoms with van der Waals surface area (Å²) in [6.45, 7) is 5.23. The van der Waals surface area contributed by atoms with E-state index in [1.54, 1.807) is 5.19 Å². The monoisotopic (exact) mass is 352 g/mol. The van der Waals surface area contributed by atoms with Crippen molar-refractivity contribution in [2.75, 3.05) is 13.1 Å². The fourth-order valence-electron chi connectivity index (χ4n) is 5.54. The van der Waals surface area contributed by atoms with Gasteiger partial charge in [0.2, 0.25) is 0 Å². The quantitative estimate of drug-likeness (QED) is 0.544. The summed E-state index contributed by atoms with van der Waals surface area (Å²) in [6, 6.07) is 13.6. The highest BCUT2D eigenvalue weighted by Gasteiger charge is 2.38. The van der Waals surface area contributed by atoms with E-state index in [4.69, 9.17) is 0 Å². The van der Waals surface area contributed by atoms with Crippen LogP contribution in [0, 0.1) is 11.8 Å². The first-order valence-corrected chi connectivity index (χ1v) is 12.8. The minimum Gasteiger partial charge on any atom is -0.299 e. The molecule has 0 bridgehead atoms. The zero-order chi connectivity index (χ0) is 17.1. The highest BCUT2D eigenvalue weighted by atomic mass is 28.3. The standard InChI is InChI=1S/C23H34NSi/c1-25(21-11-6-3-7-12-21)18-22-20(17-19-9-4-2-5-10-19)14-16-24-15-8-13-23(22)24/h3,6-7,11-12,17,19,22-23H,2,4-5,8-10,13-16,18H2,1H3/b20-17+/t22-,23+/m0/s1. The Kier molecular flexibility index (Phi) is 5.77. The molecule has 2 heteroatoms. The summed E-state index contributed by atoms with van der Waals surface area (Å²) in [6.07, 6.45) is 14.3. The fraction of sp³-hybridized carbons (Fsp3) is 0.652. The van der Waals surface area contributed by atoms with E-state index >= 15 is 0 Å². The van der Waals surface area contributed by atoms with Gasteiger partial charge in [-0.2, -0.15) is 0 Å². The van der Waals surface area contributed by atoms with Crippen LogP contribution in [-0.4, -0.2) is 32.8 Å². The minimum atomic E-state index is -0.444. The summed E-state index contributed by atoms with van der Waals surface area (Å²) in [4.78, 5) is 2.82. The SMILES string of the molecule is C[Si](C[C@H]1/C(=C/C2CCCCC2)CCN2CCC[C@H]12)c1ccccc1. The molecule has 2 heterocycles. The lowest BCUT2D eigenvalue weighted by Gasteiger charge is -2.40. The largest absolute Gasteiger partial charge is 0.299 e. The molecule has 25 heavy (non-hydrogen) atoms. The summed E-state index contributed by atoms with van der Waals surface area (Å²) >= 11 is 0. The van der Waals surface area contributed by atoms with E-state index in [1.807, 2.05) is 5.57 Å². The smallest absolute Gasteiger partial charge is 0.0830 e. The molecular formula is C23H34NSi. The predicted octanol–water partition coefficient (Wildman–Crippen LogP) is 5.01. The minimum absolute atomic E-state index is 0.444. The van der Waals surface area contributed by atoms with Gasteiger partial charge in [0.1, 0.15) is 0 Å². The molecule has 0 aromatic heterocycles. The first-order chi connectivity index (χ1) is 12.3. The van der Waals surface area contributed by atoms with Gasteiger partial charge in [-0.25, -0.2) is 0 Å². The third-order valence-corrected chi connectivity index (χ3v) is 9.31. The number of benzene rings is 1. The average molecular weight is 353 g/mol. The Morgan fingerprint density at radius 2 is 1.80 bits per heavy atom. The normalized spacial score (nSPS) is 30.1. The fourth-order valence-corrected chi connectivity index (χ4v) is 7.73. The molecule has 1 aromatic rings. The van der Waals surface area contributed by atoms with Crippen molar-refractivity contribution in [1.82, 2.24) is 4.90 Å². The van der Waals surface area contributed by atoms with Crippen LogP contribution in [0.4, 0.5) is 0 Å². The Morgan fingerprint density at radius 3 is 2.60 bits per heavy atom. The molecule has 4 rings (SSSR count). The average Bonchev–Trinajstić information content (AvgIpc) is 3.14. The van der Waals surface area contributed by atoms with Crippen molar-refractivity contribution < 1.29 is 0 Å². The van der Waals surface area contributed by atoms with Crippen molar-refractivity contribution in [1.29, 1.82) is 0 Å². The number of piperidine rings is 1. The second-order valence-electron chi connectivity index (χ2n) is 8.59. The Labute approximate surface area is 156 Å². The van der Waals surface area contributed by atoms with E-state index in [9.17, 15) is 0 Å². The maximum absolute atomic E-state index is 2.82. The van der Waals surface area contributed by atoms with Crippen molar-refractivity contribution >= 4 is 14.0 Å². The summed E-state index contributed by atoms with van der Waals surface area (Å²) in [5.74, 6) is 1.74. The third-order valence-electron chi connectivity index (χ3n) is 6.93. The molecule has 2 saturated heterocycles. The van der Waals surface area contributed by atoms with Gasteiger partial charge in [0.05, 0.1) is 8.80 Å². The molecular weight excluding hydrogens is 318 g/mol. The van der Waals surface area contributed by atoms with Crippen LogP contribution < -0.4 is 5.19 Å². The summed E-state index contributed by atoms with van der Waals surface area (Å²) < 4.78 is 0. The van der Waals surface area contributed by atoms with E-state index in [1.165, 1.54) is 70.5 Å². The van der Waals surface area contributed by atoms with E-state index in [-0.39, 0.29) is 0 Å². The number of allylic oxidation sites excluding steroid dienone is 1. The highest BCUT2D eigenvalue weighted by molar-refractivity contribution is 6.72. The molecule has 0 spiro atoms. The molecule has 1 aromatic carbocycles.